The van der Waals surface area contributed by atoms with Gasteiger partial charge in [-0.1, -0.05) is 27.7 Å². The van der Waals surface area contributed by atoms with Gasteiger partial charge in [-0.3, -0.25) is 9.36 Å². The highest BCUT2D eigenvalue weighted by Gasteiger charge is 2.14. The van der Waals surface area contributed by atoms with Crippen molar-refractivity contribution in [3.05, 3.63) is 39.5 Å². The molecule has 2 aromatic heterocycles. The summed E-state index contributed by atoms with van der Waals surface area (Å²) in [7, 11) is 0. The SMILES string of the molecule is O=C(O)CSc1nc2ccc(Br)cc2n1-c1ccsc1. The molecular weight excluding hydrogens is 360 g/mol. The van der Waals surface area contributed by atoms with Crippen molar-refractivity contribution < 1.29 is 9.90 Å². The number of imidazole rings is 1. The number of thiophene rings is 1. The van der Waals surface area contributed by atoms with Crippen LogP contribution in [0.15, 0.2) is 44.7 Å². The maximum Gasteiger partial charge on any atom is 0.313 e. The van der Waals surface area contributed by atoms with Gasteiger partial charge in [-0.05, 0) is 29.6 Å². The minimum atomic E-state index is -0.847. The van der Waals surface area contributed by atoms with Crippen LogP contribution in [0.5, 0.6) is 0 Å². The van der Waals surface area contributed by atoms with Gasteiger partial charge >= 0.3 is 5.97 Å². The Hall–Kier alpha value is -1.31. The zero-order valence-electron chi connectivity index (χ0n) is 10.1. The van der Waals surface area contributed by atoms with Gasteiger partial charge in [-0.25, -0.2) is 4.98 Å². The highest BCUT2D eigenvalue weighted by molar-refractivity contribution is 9.10. The summed E-state index contributed by atoms with van der Waals surface area (Å²) in [5.74, 6) is -0.852. The zero-order valence-corrected chi connectivity index (χ0v) is 13.3. The van der Waals surface area contributed by atoms with E-state index >= 15 is 0 Å². The molecule has 1 aromatic carbocycles. The summed E-state index contributed by atoms with van der Waals surface area (Å²) in [5.41, 5.74) is 2.82. The molecule has 0 atom stereocenters. The first-order valence-electron chi connectivity index (χ1n) is 5.70. The topological polar surface area (TPSA) is 55.1 Å². The lowest BCUT2D eigenvalue weighted by atomic mass is 10.3. The first-order valence-corrected chi connectivity index (χ1v) is 8.42. The number of nitrogens with zero attached hydrogens (tertiary/aromatic N) is 2. The third-order valence-electron chi connectivity index (χ3n) is 2.67. The number of carbonyl (C=O) groups is 1. The molecule has 2 heterocycles. The van der Waals surface area contributed by atoms with E-state index in [1.54, 1.807) is 11.3 Å². The minimum absolute atomic E-state index is 0.00533. The molecule has 102 valence electrons. The number of thioether (sulfide) groups is 1. The van der Waals surface area contributed by atoms with Gasteiger partial charge in [0, 0.05) is 9.85 Å². The Morgan fingerprint density at radius 2 is 2.30 bits per heavy atom. The molecule has 3 rings (SSSR count). The van der Waals surface area contributed by atoms with Crippen LogP contribution in [0.3, 0.4) is 0 Å². The third kappa shape index (κ3) is 2.61. The molecule has 0 amide bonds. The van der Waals surface area contributed by atoms with E-state index in [-0.39, 0.29) is 5.75 Å². The van der Waals surface area contributed by atoms with Crippen LogP contribution in [0.2, 0.25) is 0 Å². The van der Waals surface area contributed by atoms with Crippen LogP contribution in [0.25, 0.3) is 16.7 Å². The van der Waals surface area contributed by atoms with Crippen LogP contribution in [0, 0.1) is 0 Å². The Bertz CT molecular complexity index is 768. The maximum absolute atomic E-state index is 10.8. The van der Waals surface area contributed by atoms with Gasteiger partial charge in [0.25, 0.3) is 0 Å². The molecule has 0 unspecified atom stereocenters. The number of rotatable bonds is 4. The Labute approximate surface area is 131 Å². The molecular formula is C13H9BrN2O2S2. The lowest BCUT2D eigenvalue weighted by Crippen LogP contribution is -2.01. The third-order valence-corrected chi connectivity index (χ3v) is 4.76. The van der Waals surface area contributed by atoms with Crippen molar-refractivity contribution in [1.29, 1.82) is 0 Å². The predicted octanol–water partition coefficient (Wildman–Crippen LogP) is 4.03. The number of aromatic nitrogens is 2. The smallest absolute Gasteiger partial charge is 0.313 e. The summed E-state index contributed by atoms with van der Waals surface area (Å²) in [6, 6.07) is 7.84. The van der Waals surface area contributed by atoms with E-state index in [0.717, 1.165) is 21.2 Å². The largest absolute Gasteiger partial charge is 0.481 e. The molecule has 0 saturated heterocycles. The van der Waals surface area contributed by atoms with Crippen molar-refractivity contribution >= 4 is 56.0 Å². The molecule has 1 N–H and O–H groups in total. The van der Waals surface area contributed by atoms with Gasteiger partial charge in [0.05, 0.1) is 22.5 Å². The fourth-order valence-electron chi connectivity index (χ4n) is 1.88. The molecule has 0 spiro atoms. The lowest BCUT2D eigenvalue weighted by Gasteiger charge is -2.05. The molecule has 0 aliphatic heterocycles. The average molecular weight is 369 g/mol. The first-order chi connectivity index (χ1) is 9.65. The van der Waals surface area contributed by atoms with Gasteiger partial charge in [0.15, 0.2) is 5.16 Å². The highest BCUT2D eigenvalue weighted by atomic mass is 79.9. The number of fused-ring (bicyclic) bond motifs is 1. The summed E-state index contributed by atoms with van der Waals surface area (Å²) in [5, 5.41) is 13.6. The van der Waals surface area contributed by atoms with Crippen molar-refractivity contribution in [2.75, 3.05) is 5.75 Å². The Morgan fingerprint density at radius 1 is 1.45 bits per heavy atom. The Kier molecular flexibility index (Phi) is 3.82. The second-order valence-corrected chi connectivity index (χ2v) is 6.66. The standard InChI is InChI=1S/C13H9BrN2O2S2/c14-8-1-2-10-11(5-8)16(9-3-4-19-6-9)13(15-10)20-7-12(17)18/h1-6H,7H2,(H,17,18). The number of hydrogen-bond acceptors (Lipinski definition) is 4. The average Bonchev–Trinajstić information content (AvgIpc) is 3.02. The van der Waals surface area contributed by atoms with Gasteiger partial charge in [0.2, 0.25) is 0 Å². The van der Waals surface area contributed by atoms with Crippen LogP contribution in [-0.4, -0.2) is 26.4 Å². The van der Waals surface area contributed by atoms with E-state index in [9.17, 15) is 4.79 Å². The first kappa shape index (κ1) is 13.7. The predicted molar refractivity (Wildman–Crippen MR) is 85.0 cm³/mol. The number of halogens is 1. The molecule has 3 aromatic rings. The summed E-state index contributed by atoms with van der Waals surface area (Å²) < 4.78 is 2.96. The normalized spacial score (nSPS) is 11.1. The molecule has 0 saturated carbocycles. The van der Waals surface area contributed by atoms with Crippen LogP contribution in [0.1, 0.15) is 0 Å². The number of hydrogen-bond donors (Lipinski definition) is 1. The van der Waals surface area contributed by atoms with E-state index in [1.807, 2.05) is 39.6 Å². The van der Waals surface area contributed by atoms with Crippen molar-refractivity contribution in [1.82, 2.24) is 9.55 Å². The number of benzene rings is 1. The molecule has 0 radical (unpaired) electrons. The van der Waals surface area contributed by atoms with E-state index in [4.69, 9.17) is 5.11 Å². The monoisotopic (exact) mass is 368 g/mol. The maximum atomic E-state index is 10.8. The van der Waals surface area contributed by atoms with Crippen molar-refractivity contribution in [2.24, 2.45) is 0 Å². The van der Waals surface area contributed by atoms with E-state index in [1.165, 1.54) is 11.8 Å². The van der Waals surface area contributed by atoms with Crippen LogP contribution >= 0.6 is 39.0 Å². The lowest BCUT2D eigenvalue weighted by molar-refractivity contribution is -0.133. The summed E-state index contributed by atoms with van der Waals surface area (Å²) in [6.07, 6.45) is 0. The summed E-state index contributed by atoms with van der Waals surface area (Å²) >= 11 is 6.29. The fraction of sp³-hybridized carbons (Fsp3) is 0.0769. The summed E-state index contributed by atoms with van der Waals surface area (Å²) in [6.45, 7) is 0. The molecule has 4 nitrogen and oxygen atoms in total. The highest BCUT2D eigenvalue weighted by Crippen LogP contribution is 2.30. The molecule has 20 heavy (non-hydrogen) atoms. The van der Waals surface area contributed by atoms with Crippen LogP contribution in [-0.2, 0) is 4.79 Å². The zero-order chi connectivity index (χ0) is 14.1. The molecule has 7 heteroatoms. The van der Waals surface area contributed by atoms with Crippen molar-refractivity contribution in [3.8, 4) is 5.69 Å². The number of aliphatic carboxylic acids is 1. The molecule has 0 aliphatic rings. The van der Waals surface area contributed by atoms with Crippen molar-refractivity contribution in [2.45, 2.75) is 5.16 Å². The Morgan fingerprint density at radius 3 is 3.00 bits per heavy atom. The fourth-order valence-corrected chi connectivity index (χ4v) is 3.60. The van der Waals surface area contributed by atoms with Crippen LogP contribution in [0.4, 0.5) is 0 Å². The quantitative estimate of drug-likeness (QED) is 0.706. The summed E-state index contributed by atoms with van der Waals surface area (Å²) in [4.78, 5) is 15.3. The van der Waals surface area contributed by atoms with Gasteiger partial charge in [-0.2, -0.15) is 11.3 Å². The Balaban J connectivity index is 2.17. The van der Waals surface area contributed by atoms with Gasteiger partial charge in [0.1, 0.15) is 0 Å². The van der Waals surface area contributed by atoms with Gasteiger partial charge in [-0.15, -0.1) is 0 Å². The second-order valence-electron chi connectivity index (χ2n) is 4.03. The minimum Gasteiger partial charge on any atom is -0.481 e. The van der Waals surface area contributed by atoms with E-state index in [2.05, 4.69) is 20.9 Å². The molecule has 0 fully saturated rings. The van der Waals surface area contributed by atoms with E-state index < -0.39 is 5.97 Å². The second kappa shape index (κ2) is 5.59. The van der Waals surface area contributed by atoms with Gasteiger partial charge < -0.3 is 5.11 Å². The number of carboxylic acids is 1. The molecule has 0 aliphatic carbocycles. The van der Waals surface area contributed by atoms with E-state index in [0.29, 0.717) is 5.16 Å². The van der Waals surface area contributed by atoms with Crippen LogP contribution < -0.4 is 0 Å². The van der Waals surface area contributed by atoms with Crippen molar-refractivity contribution in [3.63, 3.8) is 0 Å². The number of carboxylic acid groups (broad SMARTS) is 1. The molecule has 0 bridgehead atoms.